The van der Waals surface area contributed by atoms with Crippen molar-refractivity contribution in [3.05, 3.63) is 87.3 Å². The summed E-state index contributed by atoms with van der Waals surface area (Å²) in [6, 6.07) is 14.1. The molecule has 1 saturated heterocycles. The number of likely N-dealkylation sites (tertiary alicyclic amines) is 1. The van der Waals surface area contributed by atoms with E-state index in [1.165, 1.54) is 30.6 Å². The van der Waals surface area contributed by atoms with Crippen LogP contribution in [-0.2, 0) is 28.9 Å². The van der Waals surface area contributed by atoms with Gasteiger partial charge in [-0.2, -0.15) is 4.98 Å². The van der Waals surface area contributed by atoms with Crippen molar-refractivity contribution in [2.24, 2.45) is 0 Å². The molecule has 1 aliphatic heterocycles. The molecule has 3 heterocycles. The summed E-state index contributed by atoms with van der Waals surface area (Å²) in [5.41, 5.74) is 7.40. The minimum absolute atomic E-state index is 0.0645. The number of rotatable bonds is 8. The Morgan fingerprint density at radius 2 is 1.85 bits per heavy atom. The summed E-state index contributed by atoms with van der Waals surface area (Å²) in [7, 11) is 1.32. The summed E-state index contributed by atoms with van der Waals surface area (Å²) in [4.78, 5) is 53.5. The Hall–Kier alpha value is -4.57. The van der Waals surface area contributed by atoms with E-state index >= 15 is 0 Å². The van der Waals surface area contributed by atoms with Crippen molar-refractivity contribution in [3.63, 3.8) is 0 Å². The minimum Gasteiger partial charge on any atom is -0.342 e. The molecule has 0 atom stereocenters. The first-order chi connectivity index (χ1) is 19.5. The molecular weight excluding hydrogens is 508 g/mol. The Morgan fingerprint density at radius 3 is 2.62 bits per heavy atom. The minimum atomic E-state index is -0.638. The van der Waals surface area contributed by atoms with Crippen LogP contribution >= 0.6 is 0 Å². The number of anilines is 2. The zero-order valence-corrected chi connectivity index (χ0v) is 22.3. The molecule has 2 amide bonds. The number of amides is 2. The van der Waals surface area contributed by atoms with Crippen molar-refractivity contribution in [3.8, 4) is 5.69 Å². The number of carbonyl (C=O) groups excluding carboxylic acids is 2. The van der Waals surface area contributed by atoms with Gasteiger partial charge in [0.1, 0.15) is 5.56 Å². The summed E-state index contributed by atoms with van der Waals surface area (Å²) in [6.07, 6.45) is 8.49. The molecule has 6 rings (SSSR count). The van der Waals surface area contributed by atoms with E-state index in [2.05, 4.69) is 27.9 Å². The lowest BCUT2D eigenvalue weighted by atomic mass is 10.1. The highest BCUT2D eigenvalue weighted by Gasteiger charge is 2.21. The lowest BCUT2D eigenvalue weighted by Crippen LogP contribution is -2.29. The molecule has 0 radical (unpaired) electrons. The predicted molar refractivity (Wildman–Crippen MR) is 151 cm³/mol. The third-order valence-electron chi connectivity index (χ3n) is 7.60. The number of hydrogen-bond donors (Lipinski definition) is 2. The molecule has 0 unspecified atom stereocenters. The summed E-state index contributed by atoms with van der Waals surface area (Å²) in [5.74, 6) is -0.0800. The molecule has 4 aromatic rings. The molecule has 10 nitrogen and oxygen atoms in total. The Labute approximate surface area is 231 Å². The van der Waals surface area contributed by atoms with Gasteiger partial charge in [-0.1, -0.05) is 18.2 Å². The maximum atomic E-state index is 13.2. The fraction of sp³-hybridized carbons (Fsp3) is 0.300. The second kappa shape index (κ2) is 10.9. The molecule has 2 aliphatic rings. The quantitative estimate of drug-likeness (QED) is 0.330. The van der Waals surface area contributed by atoms with Crippen LogP contribution in [0.1, 0.15) is 46.3 Å². The van der Waals surface area contributed by atoms with Crippen molar-refractivity contribution < 1.29 is 14.4 Å². The number of aryl methyl sites for hydroxylation is 2. The van der Waals surface area contributed by atoms with Crippen LogP contribution in [0, 0.1) is 0 Å². The van der Waals surface area contributed by atoms with E-state index < -0.39 is 11.3 Å². The number of carbonyl (C=O) groups is 2. The van der Waals surface area contributed by atoms with Gasteiger partial charge in [-0.05, 0) is 73.1 Å². The molecule has 204 valence electrons. The van der Waals surface area contributed by atoms with Crippen LogP contribution in [0.25, 0.3) is 16.7 Å². The topological polar surface area (TPSA) is 118 Å². The van der Waals surface area contributed by atoms with Gasteiger partial charge in [0.2, 0.25) is 17.3 Å². The SMILES string of the molecule is CONC(=O)c1cn(-c2ccc3c(c2)CCC3)c2nc(Nc3ccc(CCN4CCCC4=O)cc3)ncc2c1=O. The number of pyridine rings is 1. The van der Waals surface area contributed by atoms with Crippen molar-refractivity contribution in [2.75, 3.05) is 25.5 Å². The van der Waals surface area contributed by atoms with E-state index in [1.54, 1.807) is 4.57 Å². The fourth-order valence-corrected chi connectivity index (χ4v) is 5.47. The molecular formula is C30H30N6O4. The lowest BCUT2D eigenvalue weighted by Gasteiger charge is -2.16. The first-order valence-corrected chi connectivity index (χ1v) is 13.5. The Morgan fingerprint density at radius 1 is 1.02 bits per heavy atom. The van der Waals surface area contributed by atoms with Crippen LogP contribution in [0.4, 0.5) is 11.6 Å². The van der Waals surface area contributed by atoms with Gasteiger partial charge in [-0.25, -0.2) is 10.5 Å². The molecule has 0 saturated carbocycles. The second-order valence-corrected chi connectivity index (χ2v) is 10.2. The summed E-state index contributed by atoms with van der Waals surface area (Å²) in [6.45, 7) is 1.57. The summed E-state index contributed by atoms with van der Waals surface area (Å²) in [5, 5.41) is 3.45. The van der Waals surface area contributed by atoms with Crippen LogP contribution in [0.5, 0.6) is 0 Å². The van der Waals surface area contributed by atoms with Gasteiger partial charge in [0, 0.05) is 43.3 Å². The number of fused-ring (bicyclic) bond motifs is 2. The van der Waals surface area contributed by atoms with Gasteiger partial charge in [0.15, 0.2) is 5.65 Å². The van der Waals surface area contributed by atoms with Gasteiger partial charge in [-0.3, -0.25) is 19.2 Å². The zero-order chi connectivity index (χ0) is 27.6. The molecule has 40 heavy (non-hydrogen) atoms. The third-order valence-corrected chi connectivity index (χ3v) is 7.60. The molecule has 0 bridgehead atoms. The van der Waals surface area contributed by atoms with Gasteiger partial charge >= 0.3 is 0 Å². The van der Waals surface area contributed by atoms with E-state index in [1.807, 2.05) is 35.2 Å². The largest absolute Gasteiger partial charge is 0.342 e. The highest BCUT2D eigenvalue weighted by molar-refractivity contribution is 5.96. The third kappa shape index (κ3) is 5.05. The Bertz CT molecular complexity index is 1660. The van der Waals surface area contributed by atoms with Crippen molar-refractivity contribution in [1.82, 2.24) is 24.9 Å². The Balaban J connectivity index is 1.31. The highest BCUT2D eigenvalue weighted by atomic mass is 16.6. The molecule has 2 aromatic heterocycles. The maximum Gasteiger partial charge on any atom is 0.280 e. The maximum absolute atomic E-state index is 13.2. The van der Waals surface area contributed by atoms with E-state index in [9.17, 15) is 14.4 Å². The number of nitrogens with one attached hydrogen (secondary N) is 2. The van der Waals surface area contributed by atoms with Gasteiger partial charge in [0.05, 0.1) is 12.5 Å². The van der Waals surface area contributed by atoms with Crippen LogP contribution in [-0.4, -0.2) is 51.4 Å². The molecule has 1 aliphatic carbocycles. The smallest absolute Gasteiger partial charge is 0.280 e. The monoisotopic (exact) mass is 538 g/mol. The van der Waals surface area contributed by atoms with Crippen LogP contribution < -0.4 is 16.2 Å². The Kier molecular flexibility index (Phi) is 7.00. The number of benzene rings is 2. The summed E-state index contributed by atoms with van der Waals surface area (Å²) >= 11 is 0. The number of aromatic nitrogens is 3. The molecule has 1 fully saturated rings. The van der Waals surface area contributed by atoms with E-state index in [-0.39, 0.29) is 16.9 Å². The van der Waals surface area contributed by atoms with Crippen molar-refractivity contribution in [2.45, 2.75) is 38.5 Å². The number of nitrogens with zero attached hydrogens (tertiary/aromatic N) is 4. The molecule has 10 heteroatoms. The first-order valence-electron chi connectivity index (χ1n) is 13.5. The molecule has 0 spiro atoms. The number of hydroxylamine groups is 1. The fourth-order valence-electron chi connectivity index (χ4n) is 5.47. The van der Waals surface area contributed by atoms with Gasteiger partial charge in [-0.15, -0.1) is 0 Å². The molecule has 2 aromatic carbocycles. The van der Waals surface area contributed by atoms with Crippen LogP contribution in [0.15, 0.2) is 59.7 Å². The van der Waals surface area contributed by atoms with Crippen LogP contribution in [0.3, 0.4) is 0 Å². The average Bonchev–Trinajstić information content (AvgIpc) is 3.61. The van der Waals surface area contributed by atoms with Crippen molar-refractivity contribution in [1.29, 1.82) is 0 Å². The number of hydrogen-bond acceptors (Lipinski definition) is 7. The van der Waals surface area contributed by atoms with Crippen molar-refractivity contribution >= 4 is 34.5 Å². The lowest BCUT2D eigenvalue weighted by molar-refractivity contribution is -0.127. The zero-order valence-electron chi connectivity index (χ0n) is 22.3. The van der Waals surface area contributed by atoms with Gasteiger partial charge < -0.3 is 14.8 Å². The average molecular weight is 539 g/mol. The highest BCUT2D eigenvalue weighted by Crippen LogP contribution is 2.26. The first kappa shape index (κ1) is 25.7. The van der Waals surface area contributed by atoms with E-state index in [4.69, 9.17) is 9.82 Å². The standard InChI is InChI=1S/C30H30N6O4/c1-40-34-29(39)25-18-36(23-12-9-20-4-2-5-21(20)16-23)28-24(27(25)38)17-31-30(33-28)32-22-10-7-19(8-11-22)13-15-35-14-3-6-26(35)37/h7-12,16-18H,2-6,13-15H2,1H3,(H,34,39)(H,31,32,33). The predicted octanol–water partition coefficient (Wildman–Crippen LogP) is 3.47. The van der Waals surface area contributed by atoms with E-state index in [0.717, 1.165) is 62.1 Å². The van der Waals surface area contributed by atoms with Crippen LogP contribution in [0.2, 0.25) is 0 Å². The molecule has 2 N–H and O–H groups in total. The van der Waals surface area contributed by atoms with Gasteiger partial charge in [0.25, 0.3) is 5.91 Å². The normalized spacial score (nSPS) is 14.5. The summed E-state index contributed by atoms with van der Waals surface area (Å²) < 4.78 is 1.76. The van der Waals surface area contributed by atoms with E-state index in [0.29, 0.717) is 18.0 Å². The second-order valence-electron chi connectivity index (χ2n) is 10.2.